The Kier molecular flexibility index (Phi) is 3.85. The third kappa shape index (κ3) is 2.83. The van der Waals surface area contributed by atoms with Crippen LogP contribution in [0.3, 0.4) is 0 Å². The van der Waals surface area contributed by atoms with E-state index < -0.39 is 5.63 Å². The highest BCUT2D eigenvalue weighted by Gasteiger charge is 2.17. The normalized spacial score (nSPS) is 11.0. The number of hydrogen-bond donors (Lipinski definition) is 0. The van der Waals surface area contributed by atoms with Gasteiger partial charge in [0.1, 0.15) is 16.9 Å². The molecular weight excluding hydrogens is 388 g/mol. The van der Waals surface area contributed by atoms with E-state index in [-0.39, 0.29) is 11.5 Å². The number of nitrogens with zero attached hydrogens (tertiary/aromatic N) is 2. The lowest BCUT2D eigenvalue weighted by molar-refractivity contribution is 0.415. The third-order valence-electron chi connectivity index (χ3n) is 3.70. The Morgan fingerprint density at radius 3 is 2.48 bits per heavy atom. The molecular formula is C18H11BrN2O4. The van der Waals surface area contributed by atoms with Crippen LogP contribution in [0.2, 0.25) is 0 Å². The zero-order chi connectivity index (χ0) is 17.4. The van der Waals surface area contributed by atoms with Crippen LogP contribution in [0.25, 0.3) is 33.9 Å². The lowest BCUT2D eigenvalue weighted by Gasteiger charge is -2.02. The van der Waals surface area contributed by atoms with Crippen molar-refractivity contribution in [1.82, 2.24) is 10.2 Å². The first-order chi connectivity index (χ1) is 12.2. The van der Waals surface area contributed by atoms with Gasteiger partial charge in [-0.15, -0.1) is 10.2 Å². The Balaban J connectivity index is 1.83. The second-order valence-corrected chi connectivity index (χ2v) is 6.10. The molecule has 6 nitrogen and oxygen atoms in total. The Bertz CT molecular complexity index is 1130. The average molecular weight is 399 g/mol. The number of benzene rings is 2. The van der Waals surface area contributed by atoms with Crippen molar-refractivity contribution >= 4 is 26.9 Å². The molecule has 0 radical (unpaired) electrons. The molecule has 2 aromatic heterocycles. The molecule has 0 saturated carbocycles. The molecule has 0 amide bonds. The molecule has 0 aliphatic rings. The SMILES string of the molecule is COc1ccc2oc(=O)c(-c3nnc(-c4ccccc4Br)o3)cc2c1. The summed E-state index contributed by atoms with van der Waals surface area (Å²) in [4.78, 5) is 12.3. The highest BCUT2D eigenvalue weighted by molar-refractivity contribution is 9.10. The Hall–Kier alpha value is -2.93. The number of fused-ring (bicyclic) bond motifs is 1. The minimum atomic E-state index is -0.542. The number of aromatic nitrogens is 2. The lowest BCUT2D eigenvalue weighted by atomic mass is 10.2. The average Bonchev–Trinajstić information content (AvgIpc) is 3.10. The molecule has 0 aliphatic carbocycles. The molecule has 4 rings (SSSR count). The molecule has 0 bridgehead atoms. The van der Waals surface area contributed by atoms with E-state index >= 15 is 0 Å². The molecule has 0 spiro atoms. The van der Waals surface area contributed by atoms with E-state index in [1.807, 2.05) is 24.3 Å². The molecule has 124 valence electrons. The van der Waals surface area contributed by atoms with Gasteiger partial charge in [0.15, 0.2) is 0 Å². The highest BCUT2D eigenvalue weighted by Crippen LogP contribution is 2.29. The van der Waals surface area contributed by atoms with Crippen molar-refractivity contribution in [1.29, 1.82) is 0 Å². The number of hydrogen-bond acceptors (Lipinski definition) is 6. The maximum Gasteiger partial charge on any atom is 0.349 e. The summed E-state index contributed by atoms with van der Waals surface area (Å²) >= 11 is 3.44. The summed E-state index contributed by atoms with van der Waals surface area (Å²) in [5, 5.41) is 8.72. The first-order valence-corrected chi connectivity index (χ1v) is 8.15. The molecule has 0 fully saturated rings. The maximum atomic E-state index is 12.3. The molecule has 2 heterocycles. The van der Waals surface area contributed by atoms with Crippen molar-refractivity contribution in [2.75, 3.05) is 7.11 Å². The quantitative estimate of drug-likeness (QED) is 0.479. The van der Waals surface area contributed by atoms with Gasteiger partial charge >= 0.3 is 5.63 Å². The van der Waals surface area contributed by atoms with Crippen LogP contribution in [0.1, 0.15) is 0 Å². The standard InChI is InChI=1S/C18H11BrN2O4/c1-23-11-6-7-15-10(8-11)9-13(18(22)24-15)17-21-20-16(25-17)12-4-2-3-5-14(12)19/h2-9H,1H3. The summed E-state index contributed by atoms with van der Waals surface area (Å²) in [7, 11) is 1.57. The molecule has 25 heavy (non-hydrogen) atoms. The second kappa shape index (κ2) is 6.18. The summed E-state index contributed by atoms with van der Waals surface area (Å²) in [5.41, 5.74) is 0.861. The van der Waals surface area contributed by atoms with Gasteiger partial charge in [0.05, 0.1) is 12.7 Å². The van der Waals surface area contributed by atoms with Gasteiger partial charge in [-0.05, 0) is 52.3 Å². The molecule has 0 N–H and O–H groups in total. The monoisotopic (exact) mass is 398 g/mol. The van der Waals surface area contributed by atoms with Crippen LogP contribution >= 0.6 is 15.9 Å². The van der Waals surface area contributed by atoms with Crippen molar-refractivity contribution in [3.8, 4) is 28.7 Å². The zero-order valence-corrected chi connectivity index (χ0v) is 14.6. The minimum absolute atomic E-state index is 0.101. The molecule has 0 unspecified atom stereocenters. The van der Waals surface area contributed by atoms with Gasteiger partial charge in [0.2, 0.25) is 5.89 Å². The van der Waals surface area contributed by atoms with E-state index in [2.05, 4.69) is 26.1 Å². The smallest absolute Gasteiger partial charge is 0.349 e. The number of rotatable bonds is 3. The van der Waals surface area contributed by atoms with Crippen LogP contribution in [-0.2, 0) is 0 Å². The first kappa shape index (κ1) is 15.6. The van der Waals surface area contributed by atoms with Gasteiger partial charge in [-0.1, -0.05) is 12.1 Å². The summed E-state index contributed by atoms with van der Waals surface area (Å²) in [6.45, 7) is 0. The Labute approximate surface area is 150 Å². The van der Waals surface area contributed by atoms with E-state index in [9.17, 15) is 4.79 Å². The topological polar surface area (TPSA) is 78.4 Å². The van der Waals surface area contributed by atoms with Crippen molar-refractivity contribution in [3.05, 3.63) is 63.4 Å². The Morgan fingerprint density at radius 2 is 1.72 bits per heavy atom. The van der Waals surface area contributed by atoms with Crippen LogP contribution in [0.4, 0.5) is 0 Å². The van der Waals surface area contributed by atoms with E-state index in [1.54, 1.807) is 31.4 Å². The Morgan fingerprint density at radius 1 is 0.960 bits per heavy atom. The predicted octanol–water partition coefficient (Wildman–Crippen LogP) is 4.28. The van der Waals surface area contributed by atoms with Crippen molar-refractivity contribution in [2.45, 2.75) is 0 Å². The minimum Gasteiger partial charge on any atom is -0.497 e. The summed E-state index contributed by atoms with van der Waals surface area (Å²) in [6.07, 6.45) is 0. The van der Waals surface area contributed by atoms with Crippen molar-refractivity contribution < 1.29 is 13.6 Å². The largest absolute Gasteiger partial charge is 0.497 e. The molecule has 7 heteroatoms. The van der Waals surface area contributed by atoms with Gasteiger partial charge in [0.25, 0.3) is 5.89 Å². The van der Waals surface area contributed by atoms with E-state index in [0.29, 0.717) is 22.6 Å². The predicted molar refractivity (Wildman–Crippen MR) is 95.5 cm³/mol. The number of halogens is 1. The van der Waals surface area contributed by atoms with E-state index in [4.69, 9.17) is 13.6 Å². The molecule has 2 aromatic carbocycles. The summed E-state index contributed by atoms with van der Waals surface area (Å²) < 4.78 is 17.0. The molecule has 4 aromatic rings. The molecule has 0 aliphatic heterocycles. The number of methoxy groups -OCH3 is 1. The van der Waals surface area contributed by atoms with Crippen molar-refractivity contribution in [2.24, 2.45) is 0 Å². The van der Waals surface area contributed by atoms with Crippen LogP contribution in [0, 0.1) is 0 Å². The second-order valence-electron chi connectivity index (χ2n) is 5.24. The van der Waals surface area contributed by atoms with E-state index in [1.165, 1.54) is 0 Å². The van der Waals surface area contributed by atoms with Gasteiger partial charge in [-0.3, -0.25) is 0 Å². The lowest BCUT2D eigenvalue weighted by Crippen LogP contribution is -2.02. The van der Waals surface area contributed by atoms with Crippen LogP contribution in [0.5, 0.6) is 5.75 Å². The third-order valence-corrected chi connectivity index (χ3v) is 4.39. The molecule has 0 saturated heterocycles. The van der Waals surface area contributed by atoms with Crippen LogP contribution in [-0.4, -0.2) is 17.3 Å². The zero-order valence-electron chi connectivity index (χ0n) is 13.0. The van der Waals surface area contributed by atoms with Crippen LogP contribution < -0.4 is 10.4 Å². The highest BCUT2D eigenvalue weighted by atomic mass is 79.9. The van der Waals surface area contributed by atoms with Gasteiger partial charge in [-0.2, -0.15) is 0 Å². The first-order valence-electron chi connectivity index (χ1n) is 7.36. The van der Waals surface area contributed by atoms with Crippen LogP contribution in [0.15, 0.2) is 66.6 Å². The fourth-order valence-electron chi connectivity index (χ4n) is 2.45. The summed E-state index contributed by atoms with van der Waals surface area (Å²) in [6, 6.07) is 14.3. The number of ether oxygens (including phenoxy) is 1. The maximum absolute atomic E-state index is 12.3. The van der Waals surface area contributed by atoms with Gasteiger partial charge < -0.3 is 13.6 Å². The van der Waals surface area contributed by atoms with Crippen molar-refractivity contribution in [3.63, 3.8) is 0 Å². The summed E-state index contributed by atoms with van der Waals surface area (Å²) in [5.74, 6) is 1.07. The van der Waals surface area contributed by atoms with Gasteiger partial charge in [-0.25, -0.2) is 4.79 Å². The fourth-order valence-corrected chi connectivity index (χ4v) is 2.91. The van der Waals surface area contributed by atoms with Gasteiger partial charge in [0, 0.05) is 9.86 Å². The fraction of sp³-hybridized carbons (Fsp3) is 0.0556. The molecule has 0 atom stereocenters. The van der Waals surface area contributed by atoms with E-state index in [0.717, 1.165) is 10.0 Å².